The largest absolute Gasteiger partial charge is 0.448 e. The summed E-state index contributed by atoms with van der Waals surface area (Å²) < 4.78 is 45.9. The number of benzene rings is 2. The summed E-state index contributed by atoms with van der Waals surface area (Å²) in [4.78, 5) is 30.1. The Morgan fingerprint density at radius 1 is 1.18 bits per heavy atom. The number of fused-ring (bicyclic) bond motifs is 3. The first-order valence-corrected chi connectivity index (χ1v) is 11.3. The molecular formula is C23H20F3N3O3S. The number of anilines is 1. The molecule has 0 saturated heterocycles. The zero-order valence-corrected chi connectivity index (χ0v) is 18.4. The van der Waals surface area contributed by atoms with Crippen LogP contribution in [0.5, 0.6) is 0 Å². The normalized spacial score (nSPS) is 11.9. The molecule has 2 aromatic carbocycles. The molecule has 33 heavy (non-hydrogen) atoms. The van der Waals surface area contributed by atoms with Gasteiger partial charge in [0.2, 0.25) is 11.5 Å². The van der Waals surface area contributed by atoms with E-state index in [0.717, 1.165) is 36.7 Å². The van der Waals surface area contributed by atoms with Crippen molar-refractivity contribution in [2.24, 2.45) is 0 Å². The molecule has 4 aromatic rings. The SMILES string of the molecule is CCCCn1c(SCC(=O)Nc2cccc(C(F)(F)F)c2)nc2c(oc3ccccc32)c1=O. The van der Waals surface area contributed by atoms with Gasteiger partial charge in [-0.15, -0.1) is 0 Å². The Morgan fingerprint density at radius 3 is 2.73 bits per heavy atom. The maximum Gasteiger partial charge on any atom is 0.416 e. The highest BCUT2D eigenvalue weighted by molar-refractivity contribution is 7.99. The van der Waals surface area contributed by atoms with Crippen molar-refractivity contribution in [3.05, 3.63) is 64.4 Å². The Bertz CT molecular complexity index is 1380. The van der Waals surface area contributed by atoms with Gasteiger partial charge in [0, 0.05) is 17.6 Å². The molecule has 2 aromatic heterocycles. The zero-order chi connectivity index (χ0) is 23.6. The topological polar surface area (TPSA) is 77.1 Å². The second-order valence-corrected chi connectivity index (χ2v) is 8.34. The number of nitrogens with zero attached hydrogens (tertiary/aromatic N) is 2. The molecule has 0 atom stereocenters. The highest BCUT2D eigenvalue weighted by Gasteiger charge is 2.30. The van der Waals surface area contributed by atoms with Crippen molar-refractivity contribution in [3.63, 3.8) is 0 Å². The summed E-state index contributed by atoms with van der Waals surface area (Å²) in [6, 6.07) is 11.6. The summed E-state index contributed by atoms with van der Waals surface area (Å²) in [5, 5.41) is 3.52. The van der Waals surface area contributed by atoms with E-state index >= 15 is 0 Å². The Hall–Kier alpha value is -3.27. The number of carbonyl (C=O) groups excluding carboxylic acids is 1. The number of amides is 1. The number of halogens is 3. The van der Waals surface area contributed by atoms with Crippen LogP contribution in [0.15, 0.2) is 62.9 Å². The number of thioether (sulfide) groups is 1. The molecule has 0 saturated carbocycles. The molecule has 0 fully saturated rings. The maximum absolute atomic E-state index is 13.1. The fourth-order valence-corrected chi connectivity index (χ4v) is 4.20. The van der Waals surface area contributed by atoms with E-state index in [0.29, 0.717) is 28.2 Å². The van der Waals surface area contributed by atoms with Crippen LogP contribution >= 0.6 is 11.8 Å². The molecule has 1 N–H and O–H groups in total. The molecule has 2 heterocycles. The van der Waals surface area contributed by atoms with Gasteiger partial charge in [0.15, 0.2) is 5.16 Å². The average Bonchev–Trinajstić information content (AvgIpc) is 3.16. The standard InChI is InChI=1S/C23H20F3N3O3S/c1-2-3-11-29-21(31)20-19(16-9-4-5-10-17(16)32-20)28-22(29)33-13-18(30)27-15-8-6-7-14(12-15)23(24,25)26/h4-10,12H,2-3,11,13H2,1H3,(H,27,30). The van der Waals surface area contributed by atoms with Crippen LogP contribution in [0.3, 0.4) is 0 Å². The van der Waals surface area contributed by atoms with Gasteiger partial charge in [0.25, 0.3) is 5.56 Å². The number of nitrogens with one attached hydrogen (secondary N) is 1. The highest BCUT2D eigenvalue weighted by Crippen LogP contribution is 2.31. The quantitative estimate of drug-likeness (QED) is 0.274. The van der Waals surface area contributed by atoms with Crippen LogP contribution in [0.4, 0.5) is 18.9 Å². The molecule has 172 valence electrons. The second kappa shape index (κ2) is 9.30. The first kappa shape index (κ1) is 22.9. The van der Waals surface area contributed by atoms with Crippen molar-refractivity contribution in [2.75, 3.05) is 11.1 Å². The minimum atomic E-state index is -4.50. The van der Waals surface area contributed by atoms with Crippen LogP contribution < -0.4 is 10.9 Å². The van der Waals surface area contributed by atoms with Gasteiger partial charge in [-0.3, -0.25) is 14.2 Å². The number of aromatic nitrogens is 2. The number of para-hydroxylation sites is 1. The van der Waals surface area contributed by atoms with Crippen molar-refractivity contribution in [1.82, 2.24) is 9.55 Å². The first-order chi connectivity index (χ1) is 15.8. The zero-order valence-electron chi connectivity index (χ0n) is 17.6. The van der Waals surface area contributed by atoms with E-state index < -0.39 is 17.6 Å². The molecule has 0 unspecified atom stereocenters. The van der Waals surface area contributed by atoms with Gasteiger partial charge < -0.3 is 9.73 Å². The Kier molecular flexibility index (Phi) is 6.46. The van der Waals surface area contributed by atoms with E-state index in [4.69, 9.17) is 4.42 Å². The third-order valence-electron chi connectivity index (χ3n) is 4.99. The van der Waals surface area contributed by atoms with Gasteiger partial charge in [-0.2, -0.15) is 13.2 Å². The number of hydrogen-bond acceptors (Lipinski definition) is 5. The monoisotopic (exact) mass is 475 g/mol. The van der Waals surface area contributed by atoms with Crippen molar-refractivity contribution >= 4 is 45.4 Å². The lowest BCUT2D eigenvalue weighted by Crippen LogP contribution is -2.24. The predicted octanol–water partition coefficient (Wildman–Crippen LogP) is 5.69. The van der Waals surface area contributed by atoms with E-state index in [1.807, 2.05) is 13.0 Å². The van der Waals surface area contributed by atoms with Gasteiger partial charge in [0.05, 0.1) is 11.3 Å². The molecule has 0 radical (unpaired) electrons. The number of furan rings is 1. The minimum Gasteiger partial charge on any atom is -0.448 e. The molecule has 0 spiro atoms. The fourth-order valence-electron chi connectivity index (χ4n) is 3.38. The van der Waals surface area contributed by atoms with E-state index in [1.54, 1.807) is 18.2 Å². The van der Waals surface area contributed by atoms with E-state index in [2.05, 4.69) is 10.3 Å². The number of rotatable bonds is 7. The van der Waals surface area contributed by atoms with Crippen molar-refractivity contribution in [3.8, 4) is 0 Å². The van der Waals surface area contributed by atoms with Crippen molar-refractivity contribution in [2.45, 2.75) is 37.6 Å². The van der Waals surface area contributed by atoms with Crippen LogP contribution in [0.2, 0.25) is 0 Å². The fraction of sp³-hybridized carbons (Fsp3) is 0.261. The Labute approximate surface area is 190 Å². The predicted molar refractivity (Wildman–Crippen MR) is 121 cm³/mol. The van der Waals surface area contributed by atoms with Gasteiger partial charge in [-0.25, -0.2) is 4.98 Å². The molecule has 0 aliphatic carbocycles. The van der Waals surface area contributed by atoms with Gasteiger partial charge in [-0.1, -0.05) is 43.3 Å². The number of carbonyl (C=O) groups is 1. The van der Waals surface area contributed by atoms with Crippen LogP contribution in [0.1, 0.15) is 25.3 Å². The summed E-state index contributed by atoms with van der Waals surface area (Å²) in [6.07, 6.45) is -2.92. The van der Waals surface area contributed by atoms with Crippen LogP contribution in [0, 0.1) is 0 Å². The lowest BCUT2D eigenvalue weighted by Gasteiger charge is -2.12. The Balaban J connectivity index is 1.60. The summed E-state index contributed by atoms with van der Waals surface area (Å²) in [5.74, 6) is -0.636. The highest BCUT2D eigenvalue weighted by atomic mass is 32.2. The number of unbranched alkanes of at least 4 members (excludes halogenated alkanes) is 1. The second-order valence-electron chi connectivity index (χ2n) is 7.40. The smallest absolute Gasteiger partial charge is 0.416 e. The van der Waals surface area contributed by atoms with Crippen LogP contribution in [0.25, 0.3) is 22.1 Å². The average molecular weight is 475 g/mol. The minimum absolute atomic E-state index is 0.0445. The summed E-state index contributed by atoms with van der Waals surface area (Å²) >= 11 is 1.05. The molecule has 6 nitrogen and oxygen atoms in total. The third-order valence-corrected chi connectivity index (χ3v) is 5.96. The van der Waals surface area contributed by atoms with E-state index in [1.165, 1.54) is 16.7 Å². The number of alkyl halides is 3. The maximum atomic E-state index is 13.1. The summed E-state index contributed by atoms with van der Waals surface area (Å²) in [5.41, 5.74) is -0.00780. The molecule has 4 rings (SSSR count). The molecule has 10 heteroatoms. The van der Waals surface area contributed by atoms with Gasteiger partial charge >= 0.3 is 6.18 Å². The van der Waals surface area contributed by atoms with Gasteiger partial charge in [0.1, 0.15) is 11.1 Å². The van der Waals surface area contributed by atoms with Crippen molar-refractivity contribution in [1.29, 1.82) is 0 Å². The molecule has 0 aliphatic heterocycles. The number of hydrogen-bond donors (Lipinski definition) is 1. The summed E-state index contributed by atoms with van der Waals surface area (Å²) in [7, 11) is 0. The van der Waals surface area contributed by atoms with Crippen LogP contribution in [-0.4, -0.2) is 21.2 Å². The first-order valence-electron chi connectivity index (χ1n) is 10.3. The lowest BCUT2D eigenvalue weighted by molar-refractivity contribution is -0.137. The third kappa shape index (κ3) is 4.90. The van der Waals surface area contributed by atoms with Crippen LogP contribution in [-0.2, 0) is 17.5 Å². The molecular weight excluding hydrogens is 455 g/mol. The van der Waals surface area contributed by atoms with E-state index in [-0.39, 0.29) is 22.6 Å². The molecule has 1 amide bonds. The Morgan fingerprint density at radius 2 is 1.97 bits per heavy atom. The van der Waals surface area contributed by atoms with Crippen molar-refractivity contribution < 1.29 is 22.4 Å². The lowest BCUT2D eigenvalue weighted by atomic mass is 10.2. The van der Waals surface area contributed by atoms with Gasteiger partial charge in [-0.05, 0) is 36.8 Å². The molecule has 0 bridgehead atoms. The molecule has 0 aliphatic rings. The van der Waals surface area contributed by atoms with E-state index in [9.17, 15) is 22.8 Å². The summed E-state index contributed by atoms with van der Waals surface area (Å²) in [6.45, 7) is 2.40.